The maximum absolute atomic E-state index is 9.15. The van der Waals surface area contributed by atoms with Gasteiger partial charge >= 0.3 is 0 Å². The van der Waals surface area contributed by atoms with Crippen molar-refractivity contribution in [2.45, 2.75) is 38.1 Å². The second kappa shape index (κ2) is 4.47. The monoisotopic (exact) mass is 267 g/mol. The summed E-state index contributed by atoms with van der Waals surface area (Å²) >= 11 is 7.32. The van der Waals surface area contributed by atoms with Crippen LogP contribution in [0.1, 0.15) is 37.7 Å². The van der Waals surface area contributed by atoms with E-state index in [0.29, 0.717) is 16.8 Å². The summed E-state index contributed by atoms with van der Waals surface area (Å²) in [5.74, 6) is 0.816. The number of hydrogen-bond acceptors (Lipinski definition) is 4. The number of hydrogen-bond donors (Lipinski definition) is 0. The zero-order valence-electron chi connectivity index (χ0n) is 9.53. The lowest BCUT2D eigenvalue weighted by molar-refractivity contribution is 0.342. The van der Waals surface area contributed by atoms with E-state index in [1.54, 1.807) is 0 Å². The Bertz CT molecular complexity index is 465. The highest BCUT2D eigenvalue weighted by Gasteiger charge is 2.37. The Morgan fingerprint density at radius 3 is 3.00 bits per heavy atom. The van der Waals surface area contributed by atoms with Gasteiger partial charge in [-0.2, -0.15) is 9.64 Å². The van der Waals surface area contributed by atoms with Gasteiger partial charge in [0.25, 0.3) is 0 Å². The molecule has 2 atom stereocenters. The van der Waals surface area contributed by atoms with Gasteiger partial charge in [0.1, 0.15) is 16.6 Å². The summed E-state index contributed by atoms with van der Waals surface area (Å²) in [6, 6.07) is 2.81. The largest absolute Gasteiger partial charge is 0.358 e. The third-order valence-electron chi connectivity index (χ3n) is 4.02. The van der Waals surface area contributed by atoms with Gasteiger partial charge in [-0.25, -0.2) is 0 Å². The summed E-state index contributed by atoms with van der Waals surface area (Å²) in [5.41, 5.74) is 0.572. The number of nitrogens with zero attached hydrogens (tertiary/aromatic N) is 3. The molecule has 3 nitrogen and oxygen atoms in total. The van der Waals surface area contributed by atoms with Crippen molar-refractivity contribution in [3.63, 3.8) is 0 Å². The highest BCUT2D eigenvalue weighted by molar-refractivity contribution is 7.10. The van der Waals surface area contributed by atoms with Gasteiger partial charge in [-0.15, -0.1) is 0 Å². The maximum Gasteiger partial charge on any atom is 0.162 e. The van der Waals surface area contributed by atoms with Gasteiger partial charge in [0.15, 0.2) is 5.15 Å². The predicted molar refractivity (Wildman–Crippen MR) is 69.5 cm³/mol. The van der Waals surface area contributed by atoms with Crippen molar-refractivity contribution in [2.24, 2.45) is 5.92 Å². The Morgan fingerprint density at radius 1 is 1.35 bits per heavy atom. The van der Waals surface area contributed by atoms with Crippen LogP contribution in [0.4, 0.5) is 5.00 Å². The molecule has 5 heteroatoms. The van der Waals surface area contributed by atoms with Crippen molar-refractivity contribution in [3.05, 3.63) is 10.7 Å². The first kappa shape index (κ1) is 11.3. The van der Waals surface area contributed by atoms with E-state index >= 15 is 0 Å². The first-order chi connectivity index (χ1) is 8.31. The molecule has 0 radical (unpaired) electrons. The molecule has 2 heterocycles. The molecule has 1 aliphatic carbocycles. The molecule has 0 spiro atoms. The Labute approximate surface area is 110 Å². The molecule has 1 aliphatic heterocycles. The molecule has 90 valence electrons. The minimum Gasteiger partial charge on any atom is -0.358 e. The van der Waals surface area contributed by atoms with Crippen LogP contribution in [0.15, 0.2) is 0 Å². The minimum atomic E-state index is 0.367. The summed E-state index contributed by atoms with van der Waals surface area (Å²) in [6.45, 7) is 1.06. The molecule has 2 aliphatic rings. The predicted octanol–water partition coefficient (Wildman–Crippen LogP) is 3.44. The quantitative estimate of drug-likeness (QED) is 0.783. The summed E-state index contributed by atoms with van der Waals surface area (Å²) in [7, 11) is 0. The van der Waals surface area contributed by atoms with E-state index < -0.39 is 0 Å². The Hall–Kier alpha value is -0.790. The first-order valence-electron chi connectivity index (χ1n) is 6.13. The van der Waals surface area contributed by atoms with Crippen molar-refractivity contribution in [1.29, 1.82) is 5.26 Å². The van der Waals surface area contributed by atoms with Gasteiger partial charge in [-0.3, -0.25) is 0 Å². The molecule has 0 aromatic carbocycles. The highest BCUT2D eigenvalue weighted by atomic mass is 35.5. The molecule has 17 heavy (non-hydrogen) atoms. The highest BCUT2D eigenvalue weighted by Crippen LogP contribution is 2.42. The SMILES string of the molecule is N#Cc1c(Cl)nsc1N1CCC2CCCCC21. The zero-order valence-corrected chi connectivity index (χ0v) is 11.1. The molecule has 3 rings (SSSR count). The minimum absolute atomic E-state index is 0.367. The van der Waals surface area contributed by atoms with E-state index in [0.717, 1.165) is 17.5 Å². The van der Waals surface area contributed by atoms with Crippen LogP contribution in [0.3, 0.4) is 0 Å². The van der Waals surface area contributed by atoms with Crippen molar-refractivity contribution >= 4 is 28.1 Å². The smallest absolute Gasteiger partial charge is 0.162 e. The van der Waals surface area contributed by atoms with E-state index in [4.69, 9.17) is 16.9 Å². The number of fused-ring (bicyclic) bond motifs is 1. The Morgan fingerprint density at radius 2 is 2.18 bits per heavy atom. The molecule has 2 unspecified atom stereocenters. The van der Waals surface area contributed by atoms with E-state index in [1.807, 2.05) is 0 Å². The van der Waals surface area contributed by atoms with Crippen LogP contribution in [-0.2, 0) is 0 Å². The fourth-order valence-electron chi connectivity index (χ4n) is 3.21. The van der Waals surface area contributed by atoms with Crippen LogP contribution in [0.25, 0.3) is 0 Å². The molecule has 0 bridgehead atoms. The number of aromatic nitrogens is 1. The summed E-state index contributed by atoms with van der Waals surface area (Å²) in [5, 5.41) is 10.5. The van der Waals surface area contributed by atoms with Gasteiger partial charge in [0.2, 0.25) is 0 Å². The number of halogens is 1. The summed E-state index contributed by atoms with van der Waals surface area (Å²) < 4.78 is 4.11. The van der Waals surface area contributed by atoms with Crippen LogP contribution in [0.2, 0.25) is 5.15 Å². The number of rotatable bonds is 1. The van der Waals surface area contributed by atoms with Crippen molar-refractivity contribution in [2.75, 3.05) is 11.4 Å². The topological polar surface area (TPSA) is 39.9 Å². The van der Waals surface area contributed by atoms with Crippen LogP contribution in [0, 0.1) is 17.2 Å². The fraction of sp³-hybridized carbons (Fsp3) is 0.667. The number of nitriles is 1. The van der Waals surface area contributed by atoms with Gasteiger partial charge in [0, 0.05) is 12.6 Å². The molecule has 1 saturated carbocycles. The van der Waals surface area contributed by atoms with Crippen molar-refractivity contribution in [3.8, 4) is 6.07 Å². The molecular formula is C12H14ClN3S. The Kier molecular flexibility index (Phi) is 2.97. The van der Waals surface area contributed by atoms with Gasteiger partial charge in [0.05, 0.1) is 0 Å². The fourth-order valence-corrected chi connectivity index (χ4v) is 4.33. The zero-order chi connectivity index (χ0) is 11.8. The van der Waals surface area contributed by atoms with Gasteiger partial charge in [-0.1, -0.05) is 24.4 Å². The molecule has 1 aromatic heterocycles. The van der Waals surface area contributed by atoms with E-state index in [9.17, 15) is 0 Å². The normalized spacial score (nSPS) is 27.9. The van der Waals surface area contributed by atoms with E-state index in [-0.39, 0.29) is 0 Å². The second-order valence-electron chi connectivity index (χ2n) is 4.86. The standard InChI is InChI=1S/C12H14ClN3S/c13-11-9(7-14)12(17-15-11)16-6-5-8-3-1-2-4-10(8)16/h8,10H,1-6H2. The first-order valence-corrected chi connectivity index (χ1v) is 7.28. The van der Waals surface area contributed by atoms with E-state index in [2.05, 4.69) is 15.3 Å². The lowest BCUT2D eigenvalue weighted by Crippen LogP contribution is -2.34. The van der Waals surface area contributed by atoms with Gasteiger partial charge in [-0.05, 0) is 36.7 Å². The maximum atomic E-state index is 9.15. The van der Waals surface area contributed by atoms with Crippen molar-refractivity contribution < 1.29 is 0 Å². The lowest BCUT2D eigenvalue weighted by atomic mass is 9.85. The van der Waals surface area contributed by atoms with Crippen LogP contribution < -0.4 is 4.90 Å². The lowest BCUT2D eigenvalue weighted by Gasteiger charge is -2.32. The van der Waals surface area contributed by atoms with Gasteiger partial charge < -0.3 is 4.90 Å². The third kappa shape index (κ3) is 1.82. The molecule has 2 fully saturated rings. The average Bonchev–Trinajstić information content (AvgIpc) is 2.92. The number of anilines is 1. The Balaban J connectivity index is 1.92. The summed E-state index contributed by atoms with van der Waals surface area (Å²) in [6.07, 6.45) is 6.53. The van der Waals surface area contributed by atoms with Crippen LogP contribution in [-0.4, -0.2) is 17.0 Å². The van der Waals surface area contributed by atoms with E-state index in [1.165, 1.54) is 43.6 Å². The average molecular weight is 268 g/mol. The molecule has 0 N–H and O–H groups in total. The third-order valence-corrected chi connectivity index (χ3v) is 5.27. The van der Waals surface area contributed by atoms with Crippen LogP contribution >= 0.6 is 23.1 Å². The summed E-state index contributed by atoms with van der Waals surface area (Å²) in [4.78, 5) is 2.38. The molecule has 1 saturated heterocycles. The van der Waals surface area contributed by atoms with Crippen LogP contribution in [0.5, 0.6) is 0 Å². The second-order valence-corrected chi connectivity index (χ2v) is 5.97. The molecular weight excluding hydrogens is 254 g/mol. The molecule has 0 amide bonds. The molecule has 1 aromatic rings. The van der Waals surface area contributed by atoms with Crippen molar-refractivity contribution in [1.82, 2.24) is 4.37 Å².